The van der Waals surface area contributed by atoms with Crippen molar-refractivity contribution < 1.29 is 37.9 Å². The van der Waals surface area contributed by atoms with E-state index in [9.17, 15) is 14.2 Å². The predicted molar refractivity (Wildman–Crippen MR) is 198 cm³/mol. The molecule has 0 aliphatic rings. The van der Waals surface area contributed by atoms with Crippen LogP contribution in [0, 0.1) is 0 Å². The second kappa shape index (κ2) is 35.4. The van der Waals surface area contributed by atoms with Gasteiger partial charge in [-0.25, -0.2) is 4.57 Å². The van der Waals surface area contributed by atoms with Crippen LogP contribution >= 0.6 is 7.82 Å². The molecule has 0 fully saturated rings. The van der Waals surface area contributed by atoms with Crippen molar-refractivity contribution in [3.63, 3.8) is 0 Å². The highest BCUT2D eigenvalue weighted by Gasteiger charge is 2.22. The second-order valence-corrected chi connectivity index (χ2v) is 14.5. The lowest BCUT2D eigenvalue weighted by atomic mass is 10.0. The van der Waals surface area contributed by atoms with Gasteiger partial charge in [0.2, 0.25) is 0 Å². The molecule has 8 nitrogen and oxygen atoms in total. The number of phosphoric acid groups is 1. The molecule has 9 heteroatoms. The summed E-state index contributed by atoms with van der Waals surface area (Å²) in [5.74, 6) is -0.932. The van der Waals surface area contributed by atoms with Gasteiger partial charge in [0.25, 0.3) is 0 Å². The Morgan fingerprint density at radius 1 is 0.542 bits per heavy atom. The first kappa shape index (κ1) is 46.5. The SMILES string of the molecule is CCCCCCCCCCC/C=C/C/C=C/CCCC(=O)OC[C@H](COP(=O)(O)O)OC(=O)CCCCCCCCCCCCCCC. The van der Waals surface area contributed by atoms with Gasteiger partial charge < -0.3 is 19.3 Å². The third-order valence-electron chi connectivity index (χ3n) is 8.47. The molecule has 0 aromatic heterocycles. The molecule has 0 aliphatic carbocycles. The van der Waals surface area contributed by atoms with Crippen LogP contribution in [0.2, 0.25) is 0 Å². The Morgan fingerprint density at radius 3 is 1.44 bits per heavy atom. The van der Waals surface area contributed by atoms with Gasteiger partial charge in [-0.15, -0.1) is 0 Å². The number of unbranched alkanes of at least 4 members (excludes halogenated alkanes) is 22. The van der Waals surface area contributed by atoms with Crippen LogP contribution in [0.25, 0.3) is 0 Å². The molecule has 0 aromatic carbocycles. The van der Waals surface area contributed by atoms with Crippen LogP contribution in [0.1, 0.15) is 194 Å². The molecule has 0 unspecified atom stereocenters. The van der Waals surface area contributed by atoms with Gasteiger partial charge in [-0.3, -0.25) is 14.1 Å². The number of allylic oxidation sites excluding steroid dienone is 4. The second-order valence-electron chi connectivity index (χ2n) is 13.3. The maximum Gasteiger partial charge on any atom is 0.469 e. The Labute approximate surface area is 294 Å². The number of ether oxygens (including phenoxy) is 2. The van der Waals surface area contributed by atoms with Crippen molar-refractivity contribution in [3.8, 4) is 0 Å². The lowest BCUT2D eigenvalue weighted by Crippen LogP contribution is -2.29. The van der Waals surface area contributed by atoms with E-state index in [-0.39, 0.29) is 19.4 Å². The van der Waals surface area contributed by atoms with E-state index in [1.54, 1.807) is 0 Å². The van der Waals surface area contributed by atoms with E-state index in [1.165, 1.54) is 116 Å². The first-order chi connectivity index (χ1) is 23.3. The number of hydrogen-bond acceptors (Lipinski definition) is 6. The van der Waals surface area contributed by atoms with Gasteiger partial charge in [0.15, 0.2) is 6.10 Å². The number of rotatable bonds is 36. The molecule has 0 aliphatic heterocycles. The molecule has 0 saturated heterocycles. The number of hydrogen-bond donors (Lipinski definition) is 2. The topological polar surface area (TPSA) is 119 Å². The fourth-order valence-electron chi connectivity index (χ4n) is 5.53. The smallest absolute Gasteiger partial charge is 0.462 e. The van der Waals surface area contributed by atoms with Crippen LogP contribution in [-0.2, 0) is 28.2 Å². The van der Waals surface area contributed by atoms with E-state index < -0.39 is 32.5 Å². The van der Waals surface area contributed by atoms with Gasteiger partial charge in [-0.2, -0.15) is 0 Å². The molecular weight excluding hydrogens is 627 g/mol. The van der Waals surface area contributed by atoms with E-state index in [1.807, 2.05) is 0 Å². The maximum atomic E-state index is 12.3. The maximum absolute atomic E-state index is 12.3. The van der Waals surface area contributed by atoms with Crippen molar-refractivity contribution in [2.24, 2.45) is 0 Å². The average molecular weight is 701 g/mol. The molecule has 48 heavy (non-hydrogen) atoms. The number of phosphoric ester groups is 1. The zero-order chi connectivity index (χ0) is 35.4. The van der Waals surface area contributed by atoms with Crippen LogP contribution in [0.3, 0.4) is 0 Å². The minimum absolute atomic E-state index is 0.206. The quantitative estimate of drug-likeness (QED) is 0.0287. The first-order valence-corrected chi connectivity index (χ1v) is 21.2. The summed E-state index contributed by atoms with van der Waals surface area (Å²) in [6.45, 7) is 3.65. The monoisotopic (exact) mass is 701 g/mol. The van der Waals surface area contributed by atoms with Crippen molar-refractivity contribution in [3.05, 3.63) is 24.3 Å². The van der Waals surface area contributed by atoms with Crippen molar-refractivity contribution in [1.82, 2.24) is 0 Å². The van der Waals surface area contributed by atoms with Crippen LogP contribution in [0.5, 0.6) is 0 Å². The molecule has 0 amide bonds. The Hall–Kier alpha value is -1.47. The molecule has 0 heterocycles. The van der Waals surface area contributed by atoms with Crippen molar-refractivity contribution in [1.29, 1.82) is 0 Å². The van der Waals surface area contributed by atoms with Crippen molar-refractivity contribution in [2.75, 3.05) is 13.2 Å². The zero-order valence-corrected chi connectivity index (χ0v) is 31.8. The highest BCUT2D eigenvalue weighted by atomic mass is 31.2. The Balaban J connectivity index is 3.99. The molecule has 0 saturated carbocycles. The van der Waals surface area contributed by atoms with Gasteiger partial charge in [-0.05, 0) is 38.5 Å². The number of esters is 2. The summed E-state index contributed by atoms with van der Waals surface area (Å²) in [6, 6.07) is 0. The Morgan fingerprint density at radius 2 is 0.958 bits per heavy atom. The average Bonchev–Trinajstić information content (AvgIpc) is 3.05. The van der Waals surface area contributed by atoms with Gasteiger partial charge in [-0.1, -0.05) is 167 Å². The lowest BCUT2D eigenvalue weighted by Gasteiger charge is -2.18. The van der Waals surface area contributed by atoms with E-state index in [0.29, 0.717) is 12.8 Å². The third kappa shape index (κ3) is 37.4. The summed E-state index contributed by atoms with van der Waals surface area (Å²) in [5, 5.41) is 0. The van der Waals surface area contributed by atoms with Crippen molar-refractivity contribution in [2.45, 2.75) is 200 Å². The summed E-state index contributed by atoms with van der Waals surface area (Å²) in [6.07, 6.45) is 39.1. The number of carbonyl (C=O) groups is 2. The highest BCUT2D eigenvalue weighted by molar-refractivity contribution is 7.46. The third-order valence-corrected chi connectivity index (χ3v) is 8.96. The van der Waals surface area contributed by atoms with Crippen LogP contribution in [0.15, 0.2) is 24.3 Å². The van der Waals surface area contributed by atoms with Crippen molar-refractivity contribution >= 4 is 19.8 Å². The van der Waals surface area contributed by atoms with E-state index in [0.717, 1.165) is 38.5 Å². The van der Waals surface area contributed by atoms with Crippen LogP contribution in [-0.4, -0.2) is 41.0 Å². The van der Waals surface area contributed by atoms with Crippen LogP contribution in [0.4, 0.5) is 0 Å². The van der Waals surface area contributed by atoms with Crippen LogP contribution < -0.4 is 0 Å². The summed E-state index contributed by atoms with van der Waals surface area (Å²) < 4.78 is 26.3. The fourth-order valence-corrected chi connectivity index (χ4v) is 5.89. The first-order valence-electron chi connectivity index (χ1n) is 19.6. The van der Waals surface area contributed by atoms with E-state index in [4.69, 9.17) is 19.3 Å². The molecule has 0 bridgehead atoms. The molecule has 282 valence electrons. The molecule has 1 atom stereocenters. The molecule has 0 spiro atoms. The largest absolute Gasteiger partial charge is 0.469 e. The summed E-state index contributed by atoms with van der Waals surface area (Å²) in [7, 11) is -4.75. The Bertz CT molecular complexity index is 838. The molecular formula is C39H73O8P. The fraction of sp³-hybridized carbons (Fsp3) is 0.846. The predicted octanol–water partition coefficient (Wildman–Crippen LogP) is 11.6. The van der Waals surface area contributed by atoms with Gasteiger partial charge in [0.05, 0.1) is 6.61 Å². The van der Waals surface area contributed by atoms with Gasteiger partial charge in [0, 0.05) is 12.8 Å². The molecule has 0 aromatic rings. The number of carbonyl (C=O) groups excluding carboxylic acids is 2. The molecule has 2 N–H and O–H groups in total. The molecule has 0 radical (unpaired) electrons. The minimum atomic E-state index is -4.75. The highest BCUT2D eigenvalue weighted by Crippen LogP contribution is 2.36. The molecule has 0 rings (SSSR count). The standard InChI is InChI=1S/C39H73O8P/c1-3-5-7-9-11-13-15-17-18-19-20-22-23-25-27-29-31-33-38(40)45-35-37(36-46-48(42,43)44)47-39(41)34-32-30-28-26-24-21-16-14-12-10-8-6-4-2/h20,22,25,27,37H,3-19,21,23-24,26,28-36H2,1-2H3,(H2,42,43,44)/b22-20+,27-25+/t37-/m1/s1. The van der Waals surface area contributed by atoms with E-state index >= 15 is 0 Å². The Kier molecular flexibility index (Phi) is 34.3. The minimum Gasteiger partial charge on any atom is -0.462 e. The summed E-state index contributed by atoms with van der Waals surface area (Å²) in [5.41, 5.74) is 0. The zero-order valence-electron chi connectivity index (χ0n) is 30.9. The van der Waals surface area contributed by atoms with Gasteiger partial charge >= 0.3 is 19.8 Å². The summed E-state index contributed by atoms with van der Waals surface area (Å²) >= 11 is 0. The van der Waals surface area contributed by atoms with E-state index in [2.05, 4.69) is 42.7 Å². The normalized spacial score (nSPS) is 12.7. The summed E-state index contributed by atoms with van der Waals surface area (Å²) in [4.78, 5) is 42.7. The van der Waals surface area contributed by atoms with Gasteiger partial charge in [0.1, 0.15) is 6.61 Å². The lowest BCUT2D eigenvalue weighted by molar-refractivity contribution is -0.161.